The van der Waals surface area contributed by atoms with Crippen LogP contribution in [0.2, 0.25) is 0 Å². The maximum absolute atomic E-state index is 12.3. The molecule has 2 aromatic carbocycles. The molecule has 3 rings (SSSR count). The van der Waals surface area contributed by atoms with Gasteiger partial charge in [-0.1, -0.05) is 36.4 Å². The topological polar surface area (TPSA) is 97.6 Å². The Hall–Kier alpha value is -3.87. The van der Waals surface area contributed by atoms with Crippen LogP contribution < -0.4 is 10.6 Å². The second kappa shape index (κ2) is 9.36. The van der Waals surface area contributed by atoms with Crippen LogP contribution in [0.3, 0.4) is 0 Å². The number of carbonyl (C=O) groups is 3. The maximum atomic E-state index is 12.3. The van der Waals surface area contributed by atoms with E-state index in [-0.39, 0.29) is 11.3 Å². The number of furan rings is 1. The highest BCUT2D eigenvalue weighted by Gasteiger charge is 2.15. The minimum Gasteiger partial charge on any atom is -0.459 e. The van der Waals surface area contributed by atoms with E-state index < -0.39 is 24.4 Å². The van der Waals surface area contributed by atoms with E-state index in [4.69, 9.17) is 9.15 Å². The summed E-state index contributed by atoms with van der Waals surface area (Å²) >= 11 is 0. The molecule has 0 bridgehead atoms. The van der Waals surface area contributed by atoms with Gasteiger partial charge in [0.15, 0.2) is 12.4 Å². The Balaban J connectivity index is 1.55. The van der Waals surface area contributed by atoms with E-state index in [1.54, 1.807) is 25.1 Å². The maximum Gasteiger partial charge on any atom is 0.338 e. The van der Waals surface area contributed by atoms with Crippen molar-refractivity contribution in [2.24, 2.45) is 0 Å². The summed E-state index contributed by atoms with van der Waals surface area (Å²) in [7, 11) is 0. The molecule has 1 aromatic heterocycles. The Bertz CT molecular complexity index is 997. The van der Waals surface area contributed by atoms with Crippen molar-refractivity contribution in [2.45, 2.75) is 13.5 Å². The minimum absolute atomic E-state index is 0.160. The van der Waals surface area contributed by atoms with Gasteiger partial charge < -0.3 is 19.8 Å². The fourth-order valence-corrected chi connectivity index (χ4v) is 2.54. The number of esters is 1. The zero-order valence-corrected chi connectivity index (χ0v) is 15.8. The number of rotatable bonds is 7. The van der Waals surface area contributed by atoms with Crippen LogP contribution in [0.15, 0.2) is 71.3 Å². The molecule has 148 valence electrons. The SMILES string of the molecule is Cc1ccc(C(=O)OCC(=O)NCc2ccccc2)cc1NC(=O)c1ccco1. The zero-order chi connectivity index (χ0) is 20.6. The predicted molar refractivity (Wildman–Crippen MR) is 106 cm³/mol. The van der Waals surface area contributed by atoms with Gasteiger partial charge in [0.25, 0.3) is 11.8 Å². The lowest BCUT2D eigenvalue weighted by Crippen LogP contribution is -2.28. The van der Waals surface area contributed by atoms with E-state index in [1.165, 1.54) is 18.4 Å². The highest BCUT2D eigenvalue weighted by molar-refractivity contribution is 6.03. The molecule has 0 unspecified atom stereocenters. The van der Waals surface area contributed by atoms with Crippen LogP contribution in [0.5, 0.6) is 0 Å². The summed E-state index contributed by atoms with van der Waals surface area (Å²) in [5.74, 6) is -1.33. The number of nitrogens with one attached hydrogen (secondary N) is 2. The Morgan fingerprint density at radius 1 is 1.00 bits per heavy atom. The highest BCUT2D eigenvalue weighted by atomic mass is 16.5. The Kier molecular flexibility index (Phi) is 6.42. The van der Waals surface area contributed by atoms with Crippen molar-refractivity contribution in [1.82, 2.24) is 5.32 Å². The first-order chi connectivity index (χ1) is 14.0. The number of hydrogen-bond donors (Lipinski definition) is 2. The third kappa shape index (κ3) is 5.55. The van der Waals surface area contributed by atoms with E-state index in [0.717, 1.165) is 11.1 Å². The lowest BCUT2D eigenvalue weighted by atomic mass is 10.1. The fraction of sp³-hybridized carbons (Fsp3) is 0.136. The summed E-state index contributed by atoms with van der Waals surface area (Å²) in [5, 5.41) is 5.38. The third-order valence-corrected chi connectivity index (χ3v) is 4.13. The first-order valence-corrected chi connectivity index (χ1v) is 8.96. The normalized spacial score (nSPS) is 10.2. The highest BCUT2D eigenvalue weighted by Crippen LogP contribution is 2.19. The molecule has 0 spiro atoms. The van der Waals surface area contributed by atoms with E-state index in [9.17, 15) is 14.4 Å². The van der Waals surface area contributed by atoms with Gasteiger partial charge >= 0.3 is 5.97 Å². The quantitative estimate of drug-likeness (QED) is 0.601. The number of aryl methyl sites for hydroxylation is 1. The molecule has 3 aromatic rings. The molecular formula is C22H20N2O5. The average Bonchev–Trinajstić information content (AvgIpc) is 3.28. The molecule has 29 heavy (non-hydrogen) atoms. The Morgan fingerprint density at radius 3 is 2.52 bits per heavy atom. The monoisotopic (exact) mass is 392 g/mol. The van der Waals surface area contributed by atoms with Gasteiger partial charge in [0.1, 0.15) is 0 Å². The van der Waals surface area contributed by atoms with Crippen LogP contribution >= 0.6 is 0 Å². The molecule has 0 radical (unpaired) electrons. The van der Waals surface area contributed by atoms with Crippen molar-refractivity contribution in [1.29, 1.82) is 0 Å². The lowest BCUT2D eigenvalue weighted by molar-refractivity contribution is -0.124. The van der Waals surface area contributed by atoms with Crippen molar-refractivity contribution >= 4 is 23.5 Å². The van der Waals surface area contributed by atoms with Crippen molar-refractivity contribution in [2.75, 3.05) is 11.9 Å². The van der Waals surface area contributed by atoms with Crippen molar-refractivity contribution in [3.05, 3.63) is 89.4 Å². The first kappa shape index (κ1) is 19.9. The molecule has 0 atom stereocenters. The lowest BCUT2D eigenvalue weighted by Gasteiger charge is -2.10. The van der Waals surface area contributed by atoms with Gasteiger partial charge in [-0.3, -0.25) is 9.59 Å². The number of hydrogen-bond acceptors (Lipinski definition) is 5. The molecule has 7 heteroatoms. The fourth-order valence-electron chi connectivity index (χ4n) is 2.54. The zero-order valence-electron chi connectivity index (χ0n) is 15.8. The second-order valence-electron chi connectivity index (χ2n) is 6.30. The largest absolute Gasteiger partial charge is 0.459 e. The van der Waals surface area contributed by atoms with Gasteiger partial charge in [-0.25, -0.2) is 4.79 Å². The molecule has 0 fully saturated rings. The molecule has 0 aliphatic carbocycles. The standard InChI is InChI=1S/C22H20N2O5/c1-15-9-10-17(12-18(15)24-21(26)19-8-5-11-28-19)22(27)29-14-20(25)23-13-16-6-3-2-4-7-16/h2-12H,13-14H2,1H3,(H,23,25)(H,24,26). The van der Waals surface area contributed by atoms with Gasteiger partial charge in [0.2, 0.25) is 0 Å². The molecule has 0 aliphatic heterocycles. The molecule has 2 N–H and O–H groups in total. The third-order valence-electron chi connectivity index (χ3n) is 4.13. The number of benzene rings is 2. The number of carbonyl (C=O) groups excluding carboxylic acids is 3. The van der Waals surface area contributed by atoms with Crippen LogP contribution in [0, 0.1) is 6.92 Å². The van der Waals surface area contributed by atoms with Crippen molar-refractivity contribution in [3.63, 3.8) is 0 Å². The van der Waals surface area contributed by atoms with Crippen molar-refractivity contribution in [3.8, 4) is 0 Å². The Labute approximate surface area is 167 Å². The average molecular weight is 392 g/mol. The minimum atomic E-state index is -0.659. The summed E-state index contributed by atoms with van der Waals surface area (Å²) < 4.78 is 10.1. The summed E-state index contributed by atoms with van der Waals surface area (Å²) in [4.78, 5) is 36.3. The summed E-state index contributed by atoms with van der Waals surface area (Å²) in [6.07, 6.45) is 1.40. The molecule has 0 aliphatic rings. The molecule has 2 amide bonds. The summed E-state index contributed by atoms with van der Waals surface area (Å²) in [5.41, 5.74) is 2.39. The Morgan fingerprint density at radius 2 is 1.79 bits per heavy atom. The summed E-state index contributed by atoms with van der Waals surface area (Å²) in [6, 6.07) is 17.3. The van der Waals surface area contributed by atoms with Gasteiger partial charge in [-0.15, -0.1) is 0 Å². The first-order valence-electron chi connectivity index (χ1n) is 8.96. The van der Waals surface area contributed by atoms with Gasteiger partial charge in [0, 0.05) is 12.2 Å². The molecule has 1 heterocycles. The molecule has 0 saturated heterocycles. The van der Waals surface area contributed by atoms with Crippen LogP contribution in [-0.2, 0) is 16.1 Å². The molecular weight excluding hydrogens is 372 g/mol. The van der Waals surface area contributed by atoms with E-state index in [0.29, 0.717) is 12.2 Å². The van der Waals surface area contributed by atoms with Crippen LogP contribution in [0.4, 0.5) is 5.69 Å². The van der Waals surface area contributed by atoms with Gasteiger partial charge in [-0.2, -0.15) is 0 Å². The predicted octanol–water partition coefficient (Wildman–Crippen LogP) is 3.31. The van der Waals surface area contributed by atoms with Gasteiger partial charge in [0.05, 0.1) is 11.8 Å². The van der Waals surface area contributed by atoms with Crippen LogP contribution in [-0.4, -0.2) is 24.4 Å². The summed E-state index contributed by atoms with van der Waals surface area (Å²) in [6.45, 7) is 1.75. The van der Waals surface area contributed by atoms with E-state index in [1.807, 2.05) is 30.3 Å². The van der Waals surface area contributed by atoms with Crippen LogP contribution in [0.25, 0.3) is 0 Å². The van der Waals surface area contributed by atoms with E-state index in [2.05, 4.69) is 10.6 Å². The van der Waals surface area contributed by atoms with Crippen LogP contribution in [0.1, 0.15) is 32.0 Å². The second-order valence-corrected chi connectivity index (χ2v) is 6.30. The number of ether oxygens (including phenoxy) is 1. The van der Waals surface area contributed by atoms with E-state index >= 15 is 0 Å². The van der Waals surface area contributed by atoms with Crippen molar-refractivity contribution < 1.29 is 23.5 Å². The molecule has 0 saturated carbocycles. The molecule has 7 nitrogen and oxygen atoms in total. The number of amides is 2. The number of anilines is 1. The van der Waals surface area contributed by atoms with Gasteiger partial charge in [-0.05, 0) is 42.3 Å². The smallest absolute Gasteiger partial charge is 0.338 e.